The molecule has 0 atom stereocenters. The quantitative estimate of drug-likeness (QED) is 0.870. The summed E-state index contributed by atoms with van der Waals surface area (Å²) in [5.74, 6) is 0.372. The van der Waals surface area contributed by atoms with Gasteiger partial charge in [0.15, 0.2) is 19.0 Å². The number of carbonyl (C=O) groups excluding carboxylic acids is 1. The number of halogens is 1. The van der Waals surface area contributed by atoms with Crippen LogP contribution in [0, 0.1) is 6.92 Å². The van der Waals surface area contributed by atoms with Gasteiger partial charge in [0.25, 0.3) is 0 Å². The van der Waals surface area contributed by atoms with Crippen molar-refractivity contribution in [2.75, 3.05) is 12.0 Å². The van der Waals surface area contributed by atoms with Gasteiger partial charge in [0.1, 0.15) is 5.75 Å². The lowest BCUT2D eigenvalue weighted by molar-refractivity contribution is -0.642. The van der Waals surface area contributed by atoms with E-state index in [1.165, 1.54) is 0 Å². The molecule has 1 amide bonds. The van der Waals surface area contributed by atoms with Gasteiger partial charge in [-0.2, -0.15) is 0 Å². The number of benzene rings is 1. The Hall–Kier alpha value is -2.07. The normalized spacial score (nSPS) is 10.0. The number of aryl methyl sites for hydroxylation is 1. The Morgan fingerprint density at radius 2 is 2.05 bits per heavy atom. The van der Waals surface area contributed by atoms with Crippen molar-refractivity contribution in [1.29, 1.82) is 0 Å². The summed E-state index contributed by atoms with van der Waals surface area (Å²) < 4.78 is 7.01. The molecule has 0 radical (unpaired) electrons. The molecule has 98 valence electrons. The van der Waals surface area contributed by atoms with Crippen LogP contribution in [0.3, 0.4) is 0 Å². The summed E-state index contributed by atoms with van der Waals surface area (Å²) in [7, 11) is 0. The molecule has 1 aromatic carbocycles. The van der Waals surface area contributed by atoms with Gasteiger partial charge in [-0.3, -0.25) is 4.79 Å². The van der Waals surface area contributed by atoms with E-state index in [-0.39, 0.29) is 12.5 Å². The lowest BCUT2D eigenvalue weighted by Gasteiger charge is -2.08. The molecule has 2 rings (SSSR count). The van der Waals surface area contributed by atoms with E-state index in [0.29, 0.717) is 10.8 Å². The molecule has 2 aromatic rings. The summed E-state index contributed by atoms with van der Waals surface area (Å²) in [6, 6.07) is 10.8. The monoisotopic (exact) mass is 277 g/mol. The van der Waals surface area contributed by atoms with E-state index in [9.17, 15) is 4.79 Å². The summed E-state index contributed by atoms with van der Waals surface area (Å²) >= 11 is 5.88. The van der Waals surface area contributed by atoms with Crippen LogP contribution in [-0.2, 0) is 4.79 Å². The van der Waals surface area contributed by atoms with Gasteiger partial charge in [0.05, 0.1) is 0 Å². The molecule has 19 heavy (non-hydrogen) atoms. The van der Waals surface area contributed by atoms with Crippen molar-refractivity contribution < 1.29 is 14.2 Å². The van der Waals surface area contributed by atoms with Gasteiger partial charge in [-0.1, -0.05) is 28.4 Å². The SMILES string of the molecule is Cc1ccc(Cl)cc1OCC(=O)N[n+]1ccccc1. The fourth-order valence-corrected chi connectivity index (χ4v) is 1.68. The van der Waals surface area contributed by atoms with Crippen LogP contribution in [-0.4, -0.2) is 12.5 Å². The first-order valence-corrected chi connectivity index (χ1v) is 6.18. The molecule has 0 aliphatic heterocycles. The topological polar surface area (TPSA) is 42.2 Å². The zero-order valence-electron chi connectivity index (χ0n) is 10.5. The van der Waals surface area contributed by atoms with Crippen molar-refractivity contribution in [1.82, 2.24) is 0 Å². The maximum absolute atomic E-state index is 11.7. The lowest BCUT2D eigenvalue weighted by Crippen LogP contribution is -2.49. The fourth-order valence-electron chi connectivity index (χ4n) is 1.52. The molecule has 0 unspecified atom stereocenters. The average Bonchev–Trinajstić information content (AvgIpc) is 2.41. The number of hydrogen-bond donors (Lipinski definition) is 1. The lowest BCUT2D eigenvalue weighted by atomic mass is 10.2. The molecular formula is C14H14ClN2O2+. The molecule has 4 nitrogen and oxygen atoms in total. The smallest absolute Gasteiger partial charge is 0.312 e. The molecular weight excluding hydrogens is 264 g/mol. The Balaban J connectivity index is 1.92. The van der Waals surface area contributed by atoms with Gasteiger partial charge in [0, 0.05) is 17.2 Å². The number of amides is 1. The highest BCUT2D eigenvalue weighted by Crippen LogP contribution is 2.22. The highest BCUT2D eigenvalue weighted by atomic mass is 35.5. The van der Waals surface area contributed by atoms with E-state index in [1.807, 2.05) is 31.2 Å². The van der Waals surface area contributed by atoms with Crippen LogP contribution < -0.4 is 14.8 Å². The minimum atomic E-state index is -0.240. The van der Waals surface area contributed by atoms with Gasteiger partial charge in [-0.25, -0.2) is 0 Å². The highest BCUT2D eigenvalue weighted by molar-refractivity contribution is 6.30. The van der Waals surface area contributed by atoms with E-state index in [0.717, 1.165) is 5.56 Å². The summed E-state index contributed by atoms with van der Waals surface area (Å²) in [6.45, 7) is 1.83. The number of carbonyl (C=O) groups is 1. The van der Waals surface area contributed by atoms with Crippen LogP contribution in [0.5, 0.6) is 5.75 Å². The van der Waals surface area contributed by atoms with Crippen LogP contribution >= 0.6 is 11.6 Å². The Bertz CT molecular complexity index is 573. The molecule has 0 bridgehead atoms. The first-order chi connectivity index (χ1) is 9.15. The van der Waals surface area contributed by atoms with Gasteiger partial charge in [0.2, 0.25) is 0 Å². The number of nitrogens with zero attached hydrogens (tertiary/aromatic N) is 1. The average molecular weight is 278 g/mol. The second-order valence-electron chi connectivity index (χ2n) is 4.02. The third-order valence-electron chi connectivity index (χ3n) is 2.48. The van der Waals surface area contributed by atoms with E-state index in [1.54, 1.807) is 29.2 Å². The first kappa shape index (κ1) is 13.4. The number of aromatic nitrogens is 1. The number of nitrogens with one attached hydrogen (secondary N) is 1. The molecule has 0 aliphatic carbocycles. The molecule has 1 N–H and O–H groups in total. The van der Waals surface area contributed by atoms with E-state index >= 15 is 0 Å². The zero-order chi connectivity index (χ0) is 13.7. The maximum Gasteiger partial charge on any atom is 0.312 e. The van der Waals surface area contributed by atoms with Gasteiger partial charge in [-0.05, 0) is 24.6 Å². The summed E-state index contributed by atoms with van der Waals surface area (Å²) in [4.78, 5) is 11.7. The number of pyridine rings is 1. The predicted molar refractivity (Wildman–Crippen MR) is 72.7 cm³/mol. The van der Waals surface area contributed by atoms with Gasteiger partial charge >= 0.3 is 5.91 Å². The third-order valence-corrected chi connectivity index (χ3v) is 2.71. The van der Waals surface area contributed by atoms with Gasteiger partial charge in [-0.15, -0.1) is 5.43 Å². The van der Waals surface area contributed by atoms with Crippen molar-refractivity contribution in [3.05, 3.63) is 59.4 Å². The highest BCUT2D eigenvalue weighted by Gasteiger charge is 2.09. The Morgan fingerprint density at radius 3 is 2.79 bits per heavy atom. The standard InChI is InChI=1S/C14H13ClN2O2/c1-11-5-6-12(15)9-13(11)19-10-14(18)16-17-7-3-2-4-8-17/h2-9H,10H2,1H3/p+1. The van der Waals surface area contributed by atoms with E-state index in [2.05, 4.69) is 5.43 Å². The van der Waals surface area contributed by atoms with Crippen LogP contribution in [0.4, 0.5) is 0 Å². The zero-order valence-corrected chi connectivity index (χ0v) is 11.2. The van der Waals surface area contributed by atoms with Crippen molar-refractivity contribution >= 4 is 17.5 Å². The summed E-state index contributed by atoms with van der Waals surface area (Å²) in [6.07, 6.45) is 3.48. The van der Waals surface area contributed by atoms with E-state index < -0.39 is 0 Å². The molecule has 0 saturated carbocycles. The summed E-state index contributed by atoms with van der Waals surface area (Å²) in [5, 5.41) is 0.582. The van der Waals surface area contributed by atoms with E-state index in [4.69, 9.17) is 16.3 Å². The van der Waals surface area contributed by atoms with Crippen molar-refractivity contribution in [2.24, 2.45) is 0 Å². The third kappa shape index (κ3) is 3.96. The molecule has 0 fully saturated rings. The molecule has 0 saturated heterocycles. The molecule has 5 heteroatoms. The Morgan fingerprint density at radius 1 is 1.32 bits per heavy atom. The number of hydrogen-bond acceptors (Lipinski definition) is 2. The second kappa shape index (κ2) is 6.20. The minimum absolute atomic E-state index is 0.0664. The van der Waals surface area contributed by atoms with Crippen molar-refractivity contribution in [3.63, 3.8) is 0 Å². The molecule has 0 spiro atoms. The Kier molecular flexibility index (Phi) is 4.36. The fraction of sp³-hybridized carbons (Fsp3) is 0.143. The molecule has 1 heterocycles. The first-order valence-electron chi connectivity index (χ1n) is 5.80. The molecule has 1 aromatic heterocycles. The predicted octanol–water partition coefficient (Wildman–Crippen LogP) is 2.09. The van der Waals surface area contributed by atoms with Gasteiger partial charge < -0.3 is 4.74 Å². The van der Waals surface area contributed by atoms with Crippen LogP contribution in [0.15, 0.2) is 48.8 Å². The minimum Gasteiger partial charge on any atom is -0.483 e. The van der Waals surface area contributed by atoms with Crippen molar-refractivity contribution in [2.45, 2.75) is 6.92 Å². The second-order valence-corrected chi connectivity index (χ2v) is 4.45. The Labute approximate surface area is 116 Å². The summed E-state index contributed by atoms with van der Waals surface area (Å²) in [5.41, 5.74) is 3.60. The van der Waals surface area contributed by atoms with Crippen molar-refractivity contribution in [3.8, 4) is 5.75 Å². The van der Waals surface area contributed by atoms with Crippen LogP contribution in [0.1, 0.15) is 5.56 Å². The number of ether oxygens (including phenoxy) is 1. The largest absolute Gasteiger partial charge is 0.483 e. The number of rotatable bonds is 4. The molecule has 0 aliphatic rings. The van der Waals surface area contributed by atoms with Crippen LogP contribution in [0.2, 0.25) is 5.02 Å². The van der Waals surface area contributed by atoms with Crippen LogP contribution in [0.25, 0.3) is 0 Å². The maximum atomic E-state index is 11.7.